The van der Waals surface area contributed by atoms with Gasteiger partial charge in [-0.2, -0.15) is 0 Å². The first-order valence-corrected chi connectivity index (χ1v) is 7.30. The molecule has 2 aromatic rings. The highest BCUT2D eigenvalue weighted by Gasteiger charge is 2.14. The summed E-state index contributed by atoms with van der Waals surface area (Å²) in [5.74, 6) is -0.290. The normalized spacial score (nSPS) is 12.7. The lowest BCUT2D eigenvalue weighted by molar-refractivity contribution is 0.0472. The van der Waals surface area contributed by atoms with Gasteiger partial charge in [0.1, 0.15) is 6.61 Å². The van der Waals surface area contributed by atoms with Crippen molar-refractivity contribution in [1.82, 2.24) is 0 Å². The Morgan fingerprint density at radius 3 is 3.00 bits per heavy atom. The molecular formula is C16H14BrNO2. The van der Waals surface area contributed by atoms with Gasteiger partial charge in [-0.15, -0.1) is 0 Å². The molecule has 102 valence electrons. The van der Waals surface area contributed by atoms with Gasteiger partial charge in [0.25, 0.3) is 0 Å². The first-order valence-electron chi connectivity index (χ1n) is 6.51. The molecule has 1 heterocycles. The molecule has 2 aromatic carbocycles. The molecule has 0 spiro atoms. The highest BCUT2D eigenvalue weighted by atomic mass is 79.9. The van der Waals surface area contributed by atoms with Crippen LogP contribution in [0, 0.1) is 0 Å². The molecule has 1 N–H and O–H groups in total. The van der Waals surface area contributed by atoms with Crippen LogP contribution in [0.2, 0.25) is 0 Å². The van der Waals surface area contributed by atoms with Crippen molar-refractivity contribution in [3.05, 3.63) is 63.6 Å². The Morgan fingerprint density at radius 2 is 2.15 bits per heavy atom. The van der Waals surface area contributed by atoms with Gasteiger partial charge >= 0.3 is 5.97 Å². The minimum absolute atomic E-state index is 0.281. The van der Waals surface area contributed by atoms with Crippen molar-refractivity contribution in [2.45, 2.75) is 13.0 Å². The summed E-state index contributed by atoms with van der Waals surface area (Å²) in [7, 11) is 0. The van der Waals surface area contributed by atoms with E-state index >= 15 is 0 Å². The van der Waals surface area contributed by atoms with E-state index < -0.39 is 0 Å². The van der Waals surface area contributed by atoms with Crippen LogP contribution >= 0.6 is 15.9 Å². The highest BCUT2D eigenvalue weighted by Crippen LogP contribution is 2.23. The van der Waals surface area contributed by atoms with Crippen LogP contribution in [-0.4, -0.2) is 12.5 Å². The fraction of sp³-hybridized carbons (Fsp3) is 0.188. The van der Waals surface area contributed by atoms with E-state index in [4.69, 9.17) is 4.74 Å². The molecule has 0 aliphatic carbocycles. The Hall–Kier alpha value is -1.81. The zero-order valence-electron chi connectivity index (χ0n) is 10.9. The van der Waals surface area contributed by atoms with E-state index in [0.717, 1.165) is 28.7 Å². The summed E-state index contributed by atoms with van der Waals surface area (Å²) in [4.78, 5) is 12.0. The maximum atomic E-state index is 12.0. The van der Waals surface area contributed by atoms with Crippen LogP contribution in [0.25, 0.3) is 0 Å². The van der Waals surface area contributed by atoms with Gasteiger partial charge in [0, 0.05) is 16.7 Å². The second-order valence-electron chi connectivity index (χ2n) is 4.75. The second-order valence-corrected chi connectivity index (χ2v) is 5.67. The summed E-state index contributed by atoms with van der Waals surface area (Å²) in [6, 6.07) is 13.4. The minimum atomic E-state index is -0.290. The number of nitrogens with one attached hydrogen (secondary N) is 1. The number of carbonyl (C=O) groups excluding carboxylic acids is 1. The Morgan fingerprint density at radius 1 is 1.25 bits per heavy atom. The van der Waals surface area contributed by atoms with E-state index in [2.05, 4.69) is 21.2 Å². The van der Waals surface area contributed by atoms with Crippen LogP contribution in [0.15, 0.2) is 46.9 Å². The van der Waals surface area contributed by atoms with E-state index in [-0.39, 0.29) is 12.6 Å². The minimum Gasteiger partial charge on any atom is -0.457 e. The molecule has 4 heteroatoms. The third-order valence-electron chi connectivity index (χ3n) is 3.31. The Bertz CT molecular complexity index is 655. The van der Waals surface area contributed by atoms with Crippen molar-refractivity contribution in [3.8, 4) is 0 Å². The first kappa shape index (κ1) is 13.2. The zero-order valence-corrected chi connectivity index (χ0v) is 12.4. The molecule has 0 atom stereocenters. The first-order chi connectivity index (χ1) is 9.72. The summed E-state index contributed by atoms with van der Waals surface area (Å²) < 4.78 is 6.32. The molecule has 1 aliphatic rings. The van der Waals surface area contributed by atoms with Crippen molar-refractivity contribution >= 4 is 27.6 Å². The quantitative estimate of drug-likeness (QED) is 0.870. The number of anilines is 1. The van der Waals surface area contributed by atoms with Gasteiger partial charge in [0.15, 0.2) is 0 Å². The summed E-state index contributed by atoms with van der Waals surface area (Å²) >= 11 is 3.40. The number of carbonyl (C=O) groups is 1. The van der Waals surface area contributed by atoms with E-state index in [1.54, 1.807) is 0 Å². The Kier molecular flexibility index (Phi) is 3.74. The van der Waals surface area contributed by atoms with Crippen molar-refractivity contribution in [2.24, 2.45) is 0 Å². The zero-order chi connectivity index (χ0) is 13.9. The maximum absolute atomic E-state index is 12.0. The topological polar surface area (TPSA) is 38.3 Å². The number of benzene rings is 2. The van der Waals surface area contributed by atoms with E-state index in [1.165, 1.54) is 5.56 Å². The number of esters is 1. The maximum Gasteiger partial charge on any atom is 0.338 e. The molecule has 0 saturated heterocycles. The summed E-state index contributed by atoms with van der Waals surface area (Å²) in [5, 5.41) is 3.26. The average molecular weight is 332 g/mol. The fourth-order valence-corrected chi connectivity index (χ4v) is 2.72. The molecule has 0 aromatic heterocycles. The van der Waals surface area contributed by atoms with Gasteiger partial charge < -0.3 is 10.1 Å². The van der Waals surface area contributed by atoms with Crippen LogP contribution in [-0.2, 0) is 17.8 Å². The number of hydrogen-bond acceptors (Lipinski definition) is 3. The lowest BCUT2D eigenvalue weighted by Gasteiger charge is -2.07. The number of halogens is 1. The lowest BCUT2D eigenvalue weighted by Crippen LogP contribution is -2.05. The molecule has 0 radical (unpaired) electrons. The third-order valence-corrected chi connectivity index (χ3v) is 3.81. The summed E-state index contributed by atoms with van der Waals surface area (Å²) in [5.41, 5.74) is 3.86. The summed E-state index contributed by atoms with van der Waals surface area (Å²) in [6.45, 7) is 1.22. The fourth-order valence-electron chi connectivity index (χ4n) is 2.28. The molecule has 0 fully saturated rings. The molecule has 0 unspecified atom stereocenters. The van der Waals surface area contributed by atoms with Gasteiger partial charge in [-0.05, 0) is 41.8 Å². The van der Waals surface area contributed by atoms with Crippen molar-refractivity contribution in [1.29, 1.82) is 0 Å². The third kappa shape index (κ3) is 2.85. The van der Waals surface area contributed by atoms with Crippen molar-refractivity contribution in [3.63, 3.8) is 0 Å². The molecule has 1 aliphatic heterocycles. The van der Waals surface area contributed by atoms with E-state index in [0.29, 0.717) is 5.56 Å². The number of hydrogen-bond donors (Lipinski definition) is 1. The number of rotatable bonds is 3. The molecule has 0 bridgehead atoms. The van der Waals surface area contributed by atoms with Gasteiger partial charge in [0.05, 0.1) is 5.56 Å². The number of ether oxygens (including phenoxy) is 1. The van der Waals surface area contributed by atoms with Crippen LogP contribution in [0.1, 0.15) is 21.5 Å². The predicted octanol–water partition coefficient (Wildman–Crippen LogP) is 3.77. The van der Waals surface area contributed by atoms with Gasteiger partial charge in [0.2, 0.25) is 0 Å². The molecule has 3 rings (SSSR count). The predicted molar refractivity (Wildman–Crippen MR) is 81.9 cm³/mol. The molecule has 3 nitrogen and oxygen atoms in total. The van der Waals surface area contributed by atoms with Crippen LogP contribution in [0.5, 0.6) is 0 Å². The van der Waals surface area contributed by atoms with Gasteiger partial charge in [-0.1, -0.05) is 34.1 Å². The van der Waals surface area contributed by atoms with E-state index in [1.807, 2.05) is 42.5 Å². The van der Waals surface area contributed by atoms with Crippen LogP contribution < -0.4 is 5.32 Å². The average Bonchev–Trinajstić information content (AvgIpc) is 2.92. The molecule has 20 heavy (non-hydrogen) atoms. The Balaban J connectivity index is 1.67. The van der Waals surface area contributed by atoms with Crippen molar-refractivity contribution in [2.75, 3.05) is 11.9 Å². The second kappa shape index (κ2) is 5.67. The largest absolute Gasteiger partial charge is 0.457 e. The molecule has 0 amide bonds. The van der Waals surface area contributed by atoms with Crippen LogP contribution in [0.4, 0.5) is 5.69 Å². The van der Waals surface area contributed by atoms with Gasteiger partial charge in [-0.3, -0.25) is 0 Å². The van der Waals surface area contributed by atoms with Gasteiger partial charge in [-0.25, -0.2) is 4.79 Å². The van der Waals surface area contributed by atoms with E-state index in [9.17, 15) is 4.79 Å². The molecule has 0 saturated carbocycles. The molecular weight excluding hydrogens is 318 g/mol. The highest BCUT2D eigenvalue weighted by molar-refractivity contribution is 9.10. The van der Waals surface area contributed by atoms with Crippen LogP contribution in [0.3, 0.4) is 0 Å². The lowest BCUT2D eigenvalue weighted by atomic mass is 10.1. The monoisotopic (exact) mass is 331 g/mol. The smallest absolute Gasteiger partial charge is 0.338 e. The summed E-state index contributed by atoms with van der Waals surface area (Å²) in [6.07, 6.45) is 1.02. The number of fused-ring (bicyclic) bond motifs is 1. The SMILES string of the molecule is O=C(OCc1cccc(Br)c1)c1ccc2c(c1)NCC2. The van der Waals surface area contributed by atoms with Crippen molar-refractivity contribution < 1.29 is 9.53 Å². The Labute approximate surface area is 126 Å². The standard InChI is InChI=1S/C16H14BrNO2/c17-14-3-1-2-11(8-14)10-20-16(19)13-5-4-12-6-7-18-15(12)9-13/h1-5,8-9,18H,6-7,10H2.